The molecule has 90 valence electrons. The first-order chi connectivity index (χ1) is 7.65. The summed E-state index contributed by atoms with van der Waals surface area (Å²) in [5.74, 6) is -0.479. The summed E-state index contributed by atoms with van der Waals surface area (Å²) in [7, 11) is 0. The van der Waals surface area contributed by atoms with E-state index in [9.17, 15) is 9.59 Å². The minimum atomic E-state index is -1.10. The Bertz CT molecular complexity index is 293. The Balaban J connectivity index is 1.75. The molecule has 0 bridgehead atoms. The van der Waals surface area contributed by atoms with Crippen LogP contribution in [-0.4, -0.2) is 23.5 Å². The summed E-state index contributed by atoms with van der Waals surface area (Å²) >= 11 is 0. The number of carboxylic acids is 1. The molecule has 4 heteroatoms. The van der Waals surface area contributed by atoms with Gasteiger partial charge in [0.2, 0.25) is 5.91 Å². The van der Waals surface area contributed by atoms with E-state index in [1.54, 1.807) is 0 Å². The van der Waals surface area contributed by atoms with E-state index in [4.69, 9.17) is 5.11 Å². The minimum absolute atomic E-state index is 0.273. The lowest BCUT2D eigenvalue weighted by molar-refractivity contribution is -0.162. The van der Waals surface area contributed by atoms with Crippen LogP contribution in [0.25, 0.3) is 0 Å². The van der Waals surface area contributed by atoms with E-state index in [-0.39, 0.29) is 5.91 Å². The molecule has 0 radical (unpaired) electrons. The van der Waals surface area contributed by atoms with E-state index in [2.05, 4.69) is 5.32 Å². The lowest BCUT2D eigenvalue weighted by atomic mass is 9.68. The maximum absolute atomic E-state index is 11.8. The van der Waals surface area contributed by atoms with Crippen molar-refractivity contribution in [3.05, 3.63) is 0 Å². The number of hydrogen-bond acceptors (Lipinski definition) is 2. The Hall–Kier alpha value is -1.06. The van der Waals surface area contributed by atoms with E-state index in [0.29, 0.717) is 19.4 Å². The zero-order valence-corrected chi connectivity index (χ0v) is 9.50. The topological polar surface area (TPSA) is 66.4 Å². The van der Waals surface area contributed by atoms with E-state index in [1.165, 1.54) is 19.3 Å². The van der Waals surface area contributed by atoms with Crippen LogP contribution in [-0.2, 0) is 9.59 Å². The first kappa shape index (κ1) is 11.4. The van der Waals surface area contributed by atoms with Gasteiger partial charge in [-0.15, -0.1) is 0 Å². The number of amides is 1. The first-order valence-electron chi connectivity index (χ1n) is 6.17. The van der Waals surface area contributed by atoms with Crippen molar-refractivity contribution in [2.45, 2.75) is 44.9 Å². The van der Waals surface area contributed by atoms with Gasteiger partial charge in [0, 0.05) is 6.54 Å². The molecule has 1 amide bonds. The lowest BCUT2D eigenvalue weighted by Gasteiger charge is -2.36. The molecule has 4 nitrogen and oxygen atoms in total. The van der Waals surface area contributed by atoms with E-state index >= 15 is 0 Å². The summed E-state index contributed by atoms with van der Waals surface area (Å²) in [5.41, 5.74) is -1.10. The maximum Gasteiger partial charge on any atom is 0.319 e. The van der Waals surface area contributed by atoms with Crippen LogP contribution in [0.15, 0.2) is 0 Å². The number of carbonyl (C=O) groups excluding carboxylic acids is 1. The van der Waals surface area contributed by atoms with Gasteiger partial charge >= 0.3 is 5.97 Å². The molecule has 0 unspecified atom stereocenters. The molecule has 2 rings (SSSR count). The zero-order chi connectivity index (χ0) is 11.6. The molecule has 16 heavy (non-hydrogen) atoms. The third kappa shape index (κ3) is 1.93. The van der Waals surface area contributed by atoms with Gasteiger partial charge in [-0.1, -0.05) is 25.7 Å². The molecule has 0 aliphatic heterocycles. The molecule has 0 heterocycles. The second-order valence-electron chi connectivity index (χ2n) is 5.08. The van der Waals surface area contributed by atoms with E-state index in [1.807, 2.05) is 0 Å². The van der Waals surface area contributed by atoms with Crippen LogP contribution in [0, 0.1) is 11.3 Å². The van der Waals surface area contributed by atoms with E-state index < -0.39 is 11.4 Å². The Morgan fingerprint density at radius 1 is 1.25 bits per heavy atom. The van der Waals surface area contributed by atoms with Gasteiger partial charge < -0.3 is 10.4 Å². The van der Waals surface area contributed by atoms with Crippen LogP contribution in [0.1, 0.15) is 44.9 Å². The van der Waals surface area contributed by atoms with Crippen molar-refractivity contribution in [1.29, 1.82) is 0 Å². The molecule has 0 aromatic heterocycles. The van der Waals surface area contributed by atoms with Gasteiger partial charge in [-0.25, -0.2) is 0 Å². The minimum Gasteiger partial charge on any atom is -0.480 e. The van der Waals surface area contributed by atoms with Crippen LogP contribution >= 0.6 is 0 Å². The predicted octanol–water partition coefficient (Wildman–Crippen LogP) is 1.55. The Morgan fingerprint density at radius 3 is 2.31 bits per heavy atom. The number of carbonyl (C=O) groups is 2. The molecule has 2 aliphatic carbocycles. The summed E-state index contributed by atoms with van der Waals surface area (Å²) in [5, 5.41) is 11.8. The van der Waals surface area contributed by atoms with Crippen LogP contribution in [0.4, 0.5) is 0 Å². The van der Waals surface area contributed by atoms with Crippen LogP contribution in [0.5, 0.6) is 0 Å². The third-order valence-electron chi connectivity index (χ3n) is 4.11. The number of rotatable bonds is 5. The molecule has 2 saturated carbocycles. The fraction of sp³-hybridized carbons (Fsp3) is 0.833. The normalized spacial score (nSPS) is 23.0. The summed E-state index contributed by atoms with van der Waals surface area (Å²) in [6, 6.07) is 0. The second-order valence-corrected chi connectivity index (χ2v) is 5.08. The smallest absolute Gasteiger partial charge is 0.319 e. The Labute approximate surface area is 95.4 Å². The van der Waals surface area contributed by atoms with Crippen molar-refractivity contribution >= 4 is 11.9 Å². The van der Waals surface area contributed by atoms with Crippen molar-refractivity contribution in [3.63, 3.8) is 0 Å². The molecular weight excluding hydrogens is 206 g/mol. The summed E-state index contributed by atoms with van der Waals surface area (Å²) < 4.78 is 0. The van der Waals surface area contributed by atoms with Gasteiger partial charge in [-0.2, -0.15) is 0 Å². The number of hydrogen-bond donors (Lipinski definition) is 2. The highest BCUT2D eigenvalue weighted by Crippen LogP contribution is 2.41. The molecule has 2 fully saturated rings. The number of aliphatic carboxylic acids is 1. The maximum atomic E-state index is 11.8. The fourth-order valence-electron chi connectivity index (χ4n) is 2.41. The molecule has 2 aliphatic rings. The SMILES string of the molecule is O=C(O)C1(C(=O)NCCC2CCC2)CCC1. The molecule has 0 aromatic carbocycles. The lowest BCUT2D eigenvalue weighted by Crippen LogP contribution is -2.51. The average molecular weight is 225 g/mol. The molecule has 0 spiro atoms. The van der Waals surface area contributed by atoms with Gasteiger partial charge in [0.15, 0.2) is 0 Å². The fourth-order valence-corrected chi connectivity index (χ4v) is 2.41. The molecule has 0 aromatic rings. The van der Waals surface area contributed by atoms with Crippen molar-refractivity contribution in [1.82, 2.24) is 5.32 Å². The molecule has 2 N–H and O–H groups in total. The van der Waals surface area contributed by atoms with Gasteiger partial charge in [-0.05, 0) is 25.2 Å². The van der Waals surface area contributed by atoms with Crippen molar-refractivity contribution < 1.29 is 14.7 Å². The summed E-state index contributed by atoms with van der Waals surface area (Å²) in [6.45, 7) is 0.637. The predicted molar refractivity (Wildman–Crippen MR) is 58.9 cm³/mol. The summed E-state index contributed by atoms with van der Waals surface area (Å²) in [6.07, 6.45) is 6.68. The van der Waals surface area contributed by atoms with Gasteiger partial charge in [0.1, 0.15) is 5.41 Å². The number of carboxylic acid groups (broad SMARTS) is 1. The zero-order valence-electron chi connectivity index (χ0n) is 9.50. The quantitative estimate of drug-likeness (QED) is 0.697. The van der Waals surface area contributed by atoms with Gasteiger partial charge in [-0.3, -0.25) is 9.59 Å². The largest absolute Gasteiger partial charge is 0.480 e. The monoisotopic (exact) mass is 225 g/mol. The molecule has 0 atom stereocenters. The van der Waals surface area contributed by atoms with Crippen molar-refractivity contribution in [2.75, 3.05) is 6.54 Å². The second kappa shape index (κ2) is 4.44. The van der Waals surface area contributed by atoms with Crippen LogP contribution in [0.3, 0.4) is 0 Å². The van der Waals surface area contributed by atoms with E-state index in [0.717, 1.165) is 18.8 Å². The average Bonchev–Trinajstić information content (AvgIpc) is 2.06. The standard InChI is InChI=1S/C12H19NO3/c14-10(12(11(15)16)6-2-7-12)13-8-5-9-3-1-4-9/h9H,1-8H2,(H,13,14)(H,15,16). The molecule has 0 saturated heterocycles. The van der Waals surface area contributed by atoms with Gasteiger partial charge in [0.05, 0.1) is 0 Å². The highest BCUT2D eigenvalue weighted by atomic mass is 16.4. The van der Waals surface area contributed by atoms with Crippen LogP contribution < -0.4 is 5.32 Å². The third-order valence-corrected chi connectivity index (χ3v) is 4.11. The van der Waals surface area contributed by atoms with Crippen molar-refractivity contribution in [3.8, 4) is 0 Å². The van der Waals surface area contributed by atoms with Crippen molar-refractivity contribution in [2.24, 2.45) is 11.3 Å². The Morgan fingerprint density at radius 2 is 1.94 bits per heavy atom. The summed E-state index contributed by atoms with van der Waals surface area (Å²) in [4.78, 5) is 22.8. The van der Waals surface area contributed by atoms with Crippen LogP contribution in [0.2, 0.25) is 0 Å². The Kier molecular flexibility index (Phi) is 3.17. The highest BCUT2D eigenvalue weighted by Gasteiger charge is 2.50. The first-order valence-corrected chi connectivity index (χ1v) is 6.17. The molecular formula is C12H19NO3. The van der Waals surface area contributed by atoms with Gasteiger partial charge in [0.25, 0.3) is 0 Å². The number of nitrogens with one attached hydrogen (secondary N) is 1. The highest BCUT2D eigenvalue weighted by molar-refractivity contribution is 6.02.